The minimum absolute atomic E-state index is 0.172. The zero-order valence-corrected chi connectivity index (χ0v) is 13.3. The van der Waals surface area contributed by atoms with E-state index in [4.69, 9.17) is 10.5 Å². The van der Waals surface area contributed by atoms with Crippen LogP contribution in [0.15, 0.2) is 0 Å². The van der Waals surface area contributed by atoms with Crippen molar-refractivity contribution in [3.63, 3.8) is 0 Å². The van der Waals surface area contributed by atoms with E-state index in [-0.39, 0.29) is 29.2 Å². The fourth-order valence-corrected chi connectivity index (χ4v) is 2.95. The third-order valence-corrected chi connectivity index (χ3v) is 4.58. The van der Waals surface area contributed by atoms with Gasteiger partial charge >= 0.3 is 5.97 Å². The summed E-state index contributed by atoms with van der Waals surface area (Å²) in [6.45, 7) is 4.04. The van der Waals surface area contributed by atoms with Gasteiger partial charge in [-0.2, -0.15) is 0 Å². The highest BCUT2D eigenvalue weighted by atomic mass is 32.1. The molecule has 1 aliphatic rings. The summed E-state index contributed by atoms with van der Waals surface area (Å²) in [6, 6.07) is 0.414. The number of nitrogens with one attached hydrogen (secondary N) is 2. The lowest BCUT2D eigenvalue weighted by atomic mass is 10.2. The Hall–Kier alpha value is -1.76. The maximum absolute atomic E-state index is 12.2. The molecule has 1 aliphatic carbocycles. The Morgan fingerprint density at radius 2 is 2.14 bits per heavy atom. The second-order valence-electron chi connectivity index (χ2n) is 5.24. The summed E-state index contributed by atoms with van der Waals surface area (Å²) in [4.78, 5) is 24.5. The number of rotatable bonds is 6. The van der Waals surface area contributed by atoms with Crippen LogP contribution in [0.4, 0.5) is 10.7 Å². The van der Waals surface area contributed by atoms with Crippen LogP contribution >= 0.6 is 11.3 Å². The van der Waals surface area contributed by atoms with E-state index in [1.807, 2.05) is 13.8 Å². The lowest BCUT2D eigenvalue weighted by Crippen LogP contribution is -2.25. The summed E-state index contributed by atoms with van der Waals surface area (Å²) in [5.74, 6) is -0.748. The number of methoxy groups -OCH3 is 1. The predicted molar refractivity (Wildman–Crippen MR) is 83.9 cm³/mol. The van der Waals surface area contributed by atoms with Crippen molar-refractivity contribution in [2.24, 2.45) is 0 Å². The van der Waals surface area contributed by atoms with Gasteiger partial charge in [0.25, 0.3) is 5.91 Å². The number of anilines is 2. The van der Waals surface area contributed by atoms with E-state index in [0.717, 1.165) is 19.3 Å². The van der Waals surface area contributed by atoms with Crippen LogP contribution in [0.5, 0.6) is 0 Å². The average molecular weight is 311 g/mol. The van der Waals surface area contributed by atoms with Crippen LogP contribution in [0.2, 0.25) is 0 Å². The Morgan fingerprint density at radius 1 is 1.48 bits per heavy atom. The number of ether oxygens (including phenoxy) is 1. The third kappa shape index (κ3) is 3.47. The van der Waals surface area contributed by atoms with E-state index in [1.165, 1.54) is 18.4 Å². The number of amides is 1. The first-order valence-corrected chi connectivity index (χ1v) is 7.87. The predicted octanol–water partition coefficient (Wildman–Crippen LogP) is 2.22. The lowest BCUT2D eigenvalue weighted by Gasteiger charge is -2.12. The summed E-state index contributed by atoms with van der Waals surface area (Å²) in [6.07, 6.45) is 2.89. The van der Waals surface area contributed by atoms with Gasteiger partial charge in [0, 0.05) is 12.1 Å². The molecule has 1 fully saturated rings. The van der Waals surface area contributed by atoms with Gasteiger partial charge in [0.05, 0.1) is 12.8 Å². The molecule has 4 N–H and O–H groups in total. The van der Waals surface area contributed by atoms with Crippen molar-refractivity contribution in [3.8, 4) is 0 Å². The molecule has 0 radical (unpaired) electrons. The molecule has 116 valence electrons. The molecule has 1 unspecified atom stereocenters. The number of nitrogens with two attached hydrogens (primary N) is 1. The van der Waals surface area contributed by atoms with Crippen molar-refractivity contribution in [2.75, 3.05) is 18.2 Å². The van der Waals surface area contributed by atoms with Crippen LogP contribution in [0, 0.1) is 0 Å². The largest absolute Gasteiger partial charge is 0.465 e. The standard InChI is InChI=1S/C14H21N3O3S/c1-4-7(2)16-13-9(14(19)20-3)10(15)11(21-13)12(18)17-8-5-6-8/h7-8,16H,4-6,15H2,1-3H3,(H,17,18). The summed E-state index contributed by atoms with van der Waals surface area (Å²) < 4.78 is 4.78. The summed E-state index contributed by atoms with van der Waals surface area (Å²) in [5.41, 5.74) is 6.45. The molecule has 0 saturated heterocycles. The molecule has 1 amide bonds. The van der Waals surface area contributed by atoms with Crippen molar-refractivity contribution < 1.29 is 14.3 Å². The van der Waals surface area contributed by atoms with Gasteiger partial charge in [-0.25, -0.2) is 4.79 Å². The van der Waals surface area contributed by atoms with Crippen LogP contribution in [-0.4, -0.2) is 31.1 Å². The van der Waals surface area contributed by atoms with Gasteiger partial charge in [-0.3, -0.25) is 4.79 Å². The molecular formula is C14H21N3O3S. The van der Waals surface area contributed by atoms with E-state index in [1.54, 1.807) is 0 Å². The summed E-state index contributed by atoms with van der Waals surface area (Å²) in [7, 11) is 1.30. The second kappa shape index (κ2) is 6.34. The zero-order chi connectivity index (χ0) is 15.6. The monoisotopic (exact) mass is 311 g/mol. The fourth-order valence-electron chi connectivity index (χ4n) is 1.82. The molecule has 1 aromatic rings. The highest BCUT2D eigenvalue weighted by Crippen LogP contribution is 2.37. The number of hydrogen-bond acceptors (Lipinski definition) is 6. The van der Waals surface area contributed by atoms with Crippen molar-refractivity contribution in [3.05, 3.63) is 10.4 Å². The van der Waals surface area contributed by atoms with Gasteiger partial charge in [-0.1, -0.05) is 6.92 Å². The van der Waals surface area contributed by atoms with E-state index >= 15 is 0 Å². The Labute approximate surface area is 128 Å². The Kier molecular flexibility index (Phi) is 4.72. The number of carbonyl (C=O) groups is 2. The molecule has 7 heteroatoms. The normalized spacial score (nSPS) is 15.4. The quantitative estimate of drug-likeness (QED) is 0.700. The van der Waals surface area contributed by atoms with Crippen molar-refractivity contribution in [2.45, 2.75) is 45.2 Å². The van der Waals surface area contributed by atoms with E-state index in [9.17, 15) is 9.59 Å². The molecule has 2 rings (SSSR count). The van der Waals surface area contributed by atoms with Crippen molar-refractivity contribution in [1.29, 1.82) is 0 Å². The first kappa shape index (κ1) is 15.6. The number of hydrogen-bond donors (Lipinski definition) is 3. The lowest BCUT2D eigenvalue weighted by molar-refractivity contribution is 0.0603. The van der Waals surface area contributed by atoms with Crippen LogP contribution < -0.4 is 16.4 Å². The Morgan fingerprint density at radius 3 is 2.67 bits per heavy atom. The number of esters is 1. The Balaban J connectivity index is 2.32. The van der Waals surface area contributed by atoms with Gasteiger partial charge < -0.3 is 21.1 Å². The van der Waals surface area contributed by atoms with Crippen LogP contribution in [0.1, 0.15) is 53.1 Å². The van der Waals surface area contributed by atoms with Gasteiger partial charge in [-0.15, -0.1) is 11.3 Å². The maximum Gasteiger partial charge on any atom is 0.343 e. The zero-order valence-electron chi connectivity index (χ0n) is 12.5. The van der Waals surface area contributed by atoms with Crippen LogP contribution in [0.25, 0.3) is 0 Å². The highest BCUT2D eigenvalue weighted by Gasteiger charge is 2.30. The first-order chi connectivity index (χ1) is 9.97. The molecular weight excluding hydrogens is 290 g/mol. The van der Waals surface area contributed by atoms with Gasteiger partial charge in [0.2, 0.25) is 0 Å². The Bertz CT molecular complexity index is 552. The van der Waals surface area contributed by atoms with E-state index < -0.39 is 5.97 Å². The number of nitrogen functional groups attached to an aromatic ring is 1. The smallest absolute Gasteiger partial charge is 0.343 e. The molecule has 0 spiro atoms. The first-order valence-electron chi connectivity index (χ1n) is 7.05. The molecule has 1 heterocycles. The molecule has 1 saturated carbocycles. The van der Waals surface area contributed by atoms with Gasteiger partial charge in [0.15, 0.2) is 0 Å². The second-order valence-corrected chi connectivity index (χ2v) is 6.26. The summed E-state index contributed by atoms with van der Waals surface area (Å²) >= 11 is 1.20. The molecule has 21 heavy (non-hydrogen) atoms. The van der Waals surface area contributed by atoms with E-state index in [2.05, 4.69) is 10.6 Å². The molecule has 6 nitrogen and oxygen atoms in total. The molecule has 1 aromatic heterocycles. The number of carbonyl (C=O) groups excluding carboxylic acids is 2. The molecule has 0 aliphatic heterocycles. The minimum Gasteiger partial charge on any atom is -0.465 e. The van der Waals surface area contributed by atoms with Crippen molar-refractivity contribution >= 4 is 33.9 Å². The summed E-state index contributed by atoms with van der Waals surface area (Å²) in [5, 5.41) is 6.70. The number of thiophene rings is 1. The topological polar surface area (TPSA) is 93.5 Å². The fraction of sp³-hybridized carbons (Fsp3) is 0.571. The maximum atomic E-state index is 12.2. The van der Waals surface area contributed by atoms with Crippen LogP contribution in [-0.2, 0) is 4.74 Å². The van der Waals surface area contributed by atoms with Crippen LogP contribution in [0.3, 0.4) is 0 Å². The SMILES string of the molecule is CCC(C)Nc1sc(C(=O)NC2CC2)c(N)c1C(=O)OC. The minimum atomic E-state index is -0.528. The molecule has 0 bridgehead atoms. The van der Waals surface area contributed by atoms with Gasteiger partial charge in [-0.05, 0) is 26.2 Å². The van der Waals surface area contributed by atoms with E-state index in [0.29, 0.717) is 9.88 Å². The van der Waals surface area contributed by atoms with Gasteiger partial charge in [0.1, 0.15) is 15.4 Å². The molecule has 1 atom stereocenters. The highest BCUT2D eigenvalue weighted by molar-refractivity contribution is 7.19. The molecule has 0 aromatic carbocycles. The van der Waals surface area contributed by atoms with Crippen molar-refractivity contribution in [1.82, 2.24) is 5.32 Å². The third-order valence-electron chi connectivity index (χ3n) is 3.44. The average Bonchev–Trinajstić information content (AvgIpc) is 3.21.